The zero-order chi connectivity index (χ0) is 75.7. The Morgan fingerprint density at radius 3 is 0.939 bits per heavy atom. The van der Waals surface area contributed by atoms with Crippen LogP contribution in [0.1, 0.15) is 49.9 Å². The molecule has 2 aliphatic rings. The van der Waals surface area contributed by atoms with E-state index < -0.39 is 0 Å². The Bertz CT molecular complexity index is 7210. The highest BCUT2D eigenvalue weighted by Crippen LogP contribution is 2.56. The van der Waals surface area contributed by atoms with Gasteiger partial charge in [0.1, 0.15) is 22.3 Å². The number of rotatable bonds is 8. The number of para-hydroxylation sites is 4. The quantitative estimate of drug-likeness (QED) is 0.149. The van der Waals surface area contributed by atoms with Crippen molar-refractivity contribution >= 4 is 109 Å². The lowest BCUT2D eigenvalue weighted by molar-refractivity contribution is 0.647. The molecule has 2 aliphatic carbocycles. The first-order valence-electron chi connectivity index (χ1n) is 39.0. The molecule has 0 saturated heterocycles. The maximum atomic E-state index is 6.39. The van der Waals surface area contributed by atoms with E-state index in [-0.39, 0.29) is 10.8 Å². The molecule has 6 heterocycles. The SMILES string of the molecule is CC1(C)c2cc3oc4ccccc4c3cc2-c2cc3c4ccccc4n(-c4ccc(-c5nc(-c6ccccc6)cc(-c6ccccc6)n5)c5ccccc45)c3cc21.CC1(C)c2cc3oc4ccccc4c3cc2-c2cc3c4ccccc4n(-c4ccc(-c5nc(-c6ccccc6)nc(-c6ccccc6)n5)c5ccccc45)c3cc21. The number of hydrogen-bond donors (Lipinski definition) is 0. The maximum absolute atomic E-state index is 6.39. The molecule has 0 N–H and O–H groups in total. The van der Waals surface area contributed by atoms with Crippen molar-refractivity contribution in [2.45, 2.75) is 38.5 Å². The largest absolute Gasteiger partial charge is 0.456 e. The van der Waals surface area contributed by atoms with Gasteiger partial charge in [0.15, 0.2) is 23.3 Å². The third-order valence-corrected chi connectivity index (χ3v) is 24.3. The molecule has 536 valence electrons. The van der Waals surface area contributed by atoms with Gasteiger partial charge in [-0.2, -0.15) is 0 Å². The van der Waals surface area contributed by atoms with Crippen molar-refractivity contribution in [1.29, 1.82) is 0 Å². The minimum atomic E-state index is -0.231. The molecule has 0 saturated carbocycles. The van der Waals surface area contributed by atoms with Gasteiger partial charge < -0.3 is 18.0 Å². The summed E-state index contributed by atoms with van der Waals surface area (Å²) in [6.45, 7) is 9.39. The molecule has 22 aromatic rings. The second kappa shape index (κ2) is 24.9. The highest BCUT2D eigenvalue weighted by atomic mass is 16.3. The summed E-state index contributed by atoms with van der Waals surface area (Å²) in [5, 5.41) is 14.0. The molecule has 0 radical (unpaired) electrons. The lowest BCUT2D eigenvalue weighted by atomic mass is 9.82. The van der Waals surface area contributed by atoms with Crippen molar-refractivity contribution in [3.63, 3.8) is 0 Å². The Morgan fingerprint density at radius 2 is 0.526 bits per heavy atom. The van der Waals surface area contributed by atoms with Crippen molar-refractivity contribution in [2.24, 2.45) is 0 Å². The average molecular weight is 1460 g/mol. The van der Waals surface area contributed by atoms with Gasteiger partial charge >= 0.3 is 0 Å². The number of fused-ring (bicyclic) bond motifs is 20. The van der Waals surface area contributed by atoms with Gasteiger partial charge in [-0.1, -0.05) is 270 Å². The Balaban J connectivity index is 0.000000135. The van der Waals surface area contributed by atoms with Crippen LogP contribution in [-0.2, 0) is 10.8 Å². The van der Waals surface area contributed by atoms with E-state index in [9.17, 15) is 0 Å². The number of nitrogens with zero attached hydrogens (tertiary/aromatic N) is 7. The molecule has 9 nitrogen and oxygen atoms in total. The van der Waals surface area contributed by atoms with Crippen LogP contribution < -0.4 is 0 Å². The molecule has 16 aromatic carbocycles. The minimum absolute atomic E-state index is 0.225. The number of aromatic nitrogens is 7. The standard InChI is InChI=1S/C53H35N3O.C52H34N4O/c1-53(2)43-29-49-41(27-39(43)40-28-42-37-22-12-14-24-50(37)57-51(42)30-44(40)53)36-21-11-13-23-47(36)56(49)48-26-25-38(34-19-9-10-20-35(34)48)52-54-45(32-15-5-3-6-16-32)31-46(55-52)33-17-7-4-8-18-33;1-52(2)42-29-46-40(27-38(42)39-28-41-36-22-12-14-24-47(36)57-48(41)30-43(39)52)35-21-11-13-23-44(35)56(46)45-26-25-37(33-19-9-10-20-34(33)45)51-54-49(31-15-5-3-6-16-31)53-50(55-51)32-17-7-4-8-18-32/h3-31H,1-2H3;3-30H,1-2H3. The number of furan rings is 2. The molecule has 0 spiro atoms. The Labute approximate surface area is 656 Å². The fraction of sp³-hybridized carbons (Fsp3) is 0.0571. The lowest BCUT2D eigenvalue weighted by Gasteiger charge is -2.22. The Hall–Kier alpha value is -14.7. The Morgan fingerprint density at radius 1 is 0.211 bits per heavy atom. The van der Waals surface area contributed by atoms with Crippen LogP contribution in [0.4, 0.5) is 0 Å². The van der Waals surface area contributed by atoms with Gasteiger partial charge in [0.05, 0.1) is 44.8 Å². The molecule has 0 amide bonds. The maximum Gasteiger partial charge on any atom is 0.164 e. The first-order chi connectivity index (χ1) is 56.0. The highest BCUT2D eigenvalue weighted by molar-refractivity contribution is 6.17. The average Bonchev–Trinajstić information content (AvgIpc) is 1.51. The van der Waals surface area contributed by atoms with E-state index in [2.05, 4.69) is 298 Å². The van der Waals surface area contributed by atoms with Crippen LogP contribution in [-0.4, -0.2) is 34.1 Å². The molecule has 24 rings (SSSR count). The van der Waals surface area contributed by atoms with Gasteiger partial charge in [0.2, 0.25) is 0 Å². The van der Waals surface area contributed by atoms with Crippen LogP contribution >= 0.6 is 0 Å². The fourth-order valence-corrected chi connectivity index (χ4v) is 18.7. The molecule has 114 heavy (non-hydrogen) atoms. The van der Waals surface area contributed by atoms with Gasteiger partial charge in [0, 0.05) is 98.1 Å². The van der Waals surface area contributed by atoms with E-state index in [1.54, 1.807) is 0 Å². The zero-order valence-electron chi connectivity index (χ0n) is 62.9. The summed E-state index contributed by atoms with van der Waals surface area (Å²) in [5.41, 5.74) is 28.4. The van der Waals surface area contributed by atoms with Crippen LogP contribution in [0.2, 0.25) is 0 Å². The summed E-state index contributed by atoms with van der Waals surface area (Å²) >= 11 is 0. The highest BCUT2D eigenvalue weighted by Gasteiger charge is 2.40. The van der Waals surface area contributed by atoms with Crippen molar-refractivity contribution < 1.29 is 8.83 Å². The molecule has 0 aliphatic heterocycles. The summed E-state index contributed by atoms with van der Waals surface area (Å²) in [5.74, 6) is 2.64. The lowest BCUT2D eigenvalue weighted by Crippen LogP contribution is -2.15. The fourth-order valence-electron chi connectivity index (χ4n) is 18.7. The topological polar surface area (TPSA) is 101 Å². The summed E-state index contributed by atoms with van der Waals surface area (Å²) in [4.78, 5) is 25.6. The Kier molecular flexibility index (Phi) is 14.3. The van der Waals surface area contributed by atoms with E-state index in [4.69, 9.17) is 33.8 Å². The minimum Gasteiger partial charge on any atom is -0.456 e. The predicted octanol–water partition coefficient (Wildman–Crippen LogP) is 27.3. The normalized spacial score (nSPS) is 13.2. The smallest absolute Gasteiger partial charge is 0.164 e. The van der Waals surface area contributed by atoms with Crippen molar-refractivity contribution in [3.8, 4) is 102 Å². The monoisotopic (exact) mass is 1460 g/mol. The summed E-state index contributed by atoms with van der Waals surface area (Å²) in [7, 11) is 0. The van der Waals surface area contributed by atoms with E-state index in [1.807, 2.05) is 84.9 Å². The third-order valence-electron chi connectivity index (χ3n) is 24.3. The third kappa shape index (κ3) is 9.95. The molecule has 0 fully saturated rings. The summed E-state index contributed by atoms with van der Waals surface area (Å²) in [6, 6.07) is 123. The van der Waals surface area contributed by atoms with E-state index in [1.165, 1.54) is 88.1 Å². The van der Waals surface area contributed by atoms with Crippen LogP contribution in [0.25, 0.3) is 211 Å². The summed E-state index contributed by atoms with van der Waals surface area (Å²) < 4.78 is 17.7. The first kappa shape index (κ1) is 65.2. The van der Waals surface area contributed by atoms with Crippen LogP contribution in [0.3, 0.4) is 0 Å². The van der Waals surface area contributed by atoms with E-state index >= 15 is 0 Å². The predicted molar refractivity (Wildman–Crippen MR) is 468 cm³/mol. The second-order valence-electron chi connectivity index (χ2n) is 31.4. The van der Waals surface area contributed by atoms with E-state index in [0.717, 1.165) is 122 Å². The molecule has 0 unspecified atom stereocenters. The number of benzene rings is 16. The molecule has 0 bridgehead atoms. The zero-order valence-corrected chi connectivity index (χ0v) is 62.9. The van der Waals surface area contributed by atoms with Gasteiger partial charge in [-0.05, 0) is 158 Å². The van der Waals surface area contributed by atoms with Crippen LogP contribution in [0, 0.1) is 0 Å². The second-order valence-corrected chi connectivity index (χ2v) is 31.4. The summed E-state index contributed by atoms with van der Waals surface area (Å²) in [6.07, 6.45) is 0. The van der Waals surface area contributed by atoms with Crippen molar-refractivity contribution in [2.75, 3.05) is 0 Å². The molecular formula is C105H69N7O2. The van der Waals surface area contributed by atoms with Gasteiger partial charge in [0.25, 0.3) is 0 Å². The van der Waals surface area contributed by atoms with Gasteiger partial charge in [-0.15, -0.1) is 0 Å². The molecule has 0 atom stereocenters. The number of hydrogen-bond acceptors (Lipinski definition) is 7. The van der Waals surface area contributed by atoms with Crippen molar-refractivity contribution in [3.05, 3.63) is 368 Å². The first-order valence-corrected chi connectivity index (χ1v) is 39.0. The molecular weight excluding hydrogens is 1390 g/mol. The molecule has 6 aromatic heterocycles. The molecule has 9 heteroatoms. The van der Waals surface area contributed by atoms with Crippen LogP contribution in [0.5, 0.6) is 0 Å². The van der Waals surface area contributed by atoms with Gasteiger partial charge in [-0.25, -0.2) is 24.9 Å². The van der Waals surface area contributed by atoms with Crippen LogP contribution in [0.15, 0.2) is 355 Å². The van der Waals surface area contributed by atoms with Crippen molar-refractivity contribution in [1.82, 2.24) is 34.1 Å². The van der Waals surface area contributed by atoms with Gasteiger partial charge in [-0.3, -0.25) is 0 Å². The van der Waals surface area contributed by atoms with E-state index in [0.29, 0.717) is 23.3 Å².